The highest BCUT2D eigenvalue weighted by Crippen LogP contribution is 2.26. The summed E-state index contributed by atoms with van der Waals surface area (Å²) in [6.07, 6.45) is 2.50. The molecule has 0 aliphatic rings. The molecule has 0 radical (unpaired) electrons. The standard InChI is InChI=1S/C19H29NO5/c1-6-9-12-19(4,25-8-3)18(22)20-14-10-11-16(24-7-2)15(13-14)17(21)23-5/h10-11,13H,6-9,12H2,1-5H3,(H,20,22). The molecule has 1 aromatic rings. The third kappa shape index (κ3) is 5.74. The molecule has 25 heavy (non-hydrogen) atoms. The van der Waals surface area contributed by atoms with E-state index >= 15 is 0 Å². The van der Waals surface area contributed by atoms with E-state index < -0.39 is 11.6 Å². The quantitative estimate of drug-likeness (QED) is 0.649. The van der Waals surface area contributed by atoms with Gasteiger partial charge in [0.25, 0.3) is 5.91 Å². The molecule has 6 nitrogen and oxygen atoms in total. The number of hydrogen-bond donors (Lipinski definition) is 1. The molecule has 0 aliphatic carbocycles. The van der Waals surface area contributed by atoms with Gasteiger partial charge in [0.15, 0.2) is 0 Å². The first kappa shape index (κ1) is 21.0. The topological polar surface area (TPSA) is 73.9 Å². The Morgan fingerprint density at radius 3 is 2.44 bits per heavy atom. The number of nitrogens with one attached hydrogen (secondary N) is 1. The van der Waals surface area contributed by atoms with Crippen LogP contribution in [-0.4, -0.2) is 37.8 Å². The van der Waals surface area contributed by atoms with Gasteiger partial charge in [-0.05, 0) is 45.4 Å². The first-order chi connectivity index (χ1) is 11.9. The zero-order valence-electron chi connectivity index (χ0n) is 15.8. The molecule has 0 fully saturated rings. The van der Waals surface area contributed by atoms with Crippen LogP contribution in [0.1, 0.15) is 57.3 Å². The highest BCUT2D eigenvalue weighted by molar-refractivity contribution is 5.99. The lowest BCUT2D eigenvalue weighted by molar-refractivity contribution is -0.139. The van der Waals surface area contributed by atoms with Gasteiger partial charge in [0.05, 0.1) is 13.7 Å². The fourth-order valence-corrected chi connectivity index (χ4v) is 2.51. The molecular weight excluding hydrogens is 322 g/mol. The van der Waals surface area contributed by atoms with Crippen LogP contribution in [-0.2, 0) is 14.3 Å². The van der Waals surface area contributed by atoms with Crippen LogP contribution >= 0.6 is 0 Å². The molecule has 0 heterocycles. The van der Waals surface area contributed by atoms with Crippen LogP contribution in [0.3, 0.4) is 0 Å². The smallest absolute Gasteiger partial charge is 0.341 e. The predicted octanol–water partition coefficient (Wildman–Crippen LogP) is 3.80. The summed E-state index contributed by atoms with van der Waals surface area (Å²) in [7, 11) is 1.31. The summed E-state index contributed by atoms with van der Waals surface area (Å²) in [4.78, 5) is 24.7. The van der Waals surface area contributed by atoms with E-state index in [1.807, 2.05) is 13.8 Å². The fraction of sp³-hybridized carbons (Fsp3) is 0.579. The minimum Gasteiger partial charge on any atom is -0.493 e. The predicted molar refractivity (Wildman–Crippen MR) is 97.1 cm³/mol. The van der Waals surface area contributed by atoms with Crippen LogP contribution in [0.25, 0.3) is 0 Å². The van der Waals surface area contributed by atoms with Gasteiger partial charge in [-0.15, -0.1) is 0 Å². The summed E-state index contributed by atoms with van der Waals surface area (Å²) in [6.45, 7) is 8.43. The Morgan fingerprint density at radius 2 is 1.88 bits per heavy atom. The van der Waals surface area contributed by atoms with E-state index in [2.05, 4.69) is 12.2 Å². The van der Waals surface area contributed by atoms with E-state index in [4.69, 9.17) is 14.2 Å². The van der Waals surface area contributed by atoms with Gasteiger partial charge in [0, 0.05) is 12.3 Å². The van der Waals surface area contributed by atoms with Gasteiger partial charge in [-0.3, -0.25) is 4.79 Å². The molecule has 1 unspecified atom stereocenters. The highest BCUT2D eigenvalue weighted by Gasteiger charge is 2.33. The molecule has 0 aromatic heterocycles. The van der Waals surface area contributed by atoms with Crippen molar-refractivity contribution in [3.05, 3.63) is 23.8 Å². The number of benzene rings is 1. The first-order valence-corrected chi connectivity index (χ1v) is 8.72. The van der Waals surface area contributed by atoms with E-state index in [1.54, 1.807) is 25.1 Å². The molecule has 140 valence electrons. The Morgan fingerprint density at radius 1 is 1.16 bits per heavy atom. The largest absolute Gasteiger partial charge is 0.493 e. The third-order valence-electron chi connectivity index (χ3n) is 3.89. The van der Waals surface area contributed by atoms with Gasteiger partial charge in [-0.2, -0.15) is 0 Å². The molecule has 0 bridgehead atoms. The van der Waals surface area contributed by atoms with Crippen molar-refractivity contribution in [3.63, 3.8) is 0 Å². The summed E-state index contributed by atoms with van der Waals surface area (Å²) in [5, 5.41) is 2.84. The molecular formula is C19H29NO5. The molecule has 1 N–H and O–H groups in total. The Labute approximate surface area is 149 Å². The average Bonchev–Trinajstić information content (AvgIpc) is 2.61. The molecule has 6 heteroatoms. The van der Waals surface area contributed by atoms with Crippen LogP contribution in [0.2, 0.25) is 0 Å². The summed E-state index contributed by atoms with van der Waals surface area (Å²) >= 11 is 0. The van der Waals surface area contributed by atoms with Crippen LogP contribution in [0.5, 0.6) is 5.75 Å². The van der Waals surface area contributed by atoms with E-state index in [-0.39, 0.29) is 11.5 Å². The fourth-order valence-electron chi connectivity index (χ4n) is 2.51. The molecule has 1 aromatic carbocycles. The zero-order valence-corrected chi connectivity index (χ0v) is 15.8. The van der Waals surface area contributed by atoms with E-state index in [9.17, 15) is 9.59 Å². The van der Waals surface area contributed by atoms with E-state index in [1.165, 1.54) is 7.11 Å². The molecule has 0 aliphatic heterocycles. The SMILES string of the molecule is CCCCC(C)(OCC)C(=O)Nc1ccc(OCC)c(C(=O)OC)c1. The zero-order chi connectivity index (χ0) is 18.9. The van der Waals surface area contributed by atoms with Crippen LogP contribution in [0, 0.1) is 0 Å². The lowest BCUT2D eigenvalue weighted by Gasteiger charge is -2.28. The number of carbonyl (C=O) groups excluding carboxylic acids is 2. The average molecular weight is 351 g/mol. The monoisotopic (exact) mass is 351 g/mol. The van der Waals surface area contributed by atoms with Crippen LogP contribution < -0.4 is 10.1 Å². The van der Waals surface area contributed by atoms with Crippen molar-refractivity contribution in [2.75, 3.05) is 25.6 Å². The number of unbranched alkanes of at least 4 members (excludes halogenated alkanes) is 1. The summed E-state index contributed by atoms with van der Waals surface area (Å²) < 4.78 is 15.9. The molecule has 0 saturated carbocycles. The van der Waals surface area contributed by atoms with Gasteiger partial charge >= 0.3 is 5.97 Å². The number of ether oxygens (including phenoxy) is 3. The second-order valence-electron chi connectivity index (χ2n) is 5.86. The number of carbonyl (C=O) groups is 2. The lowest BCUT2D eigenvalue weighted by Crippen LogP contribution is -2.42. The van der Waals surface area contributed by atoms with Crippen molar-refractivity contribution in [2.45, 2.75) is 52.6 Å². The first-order valence-electron chi connectivity index (χ1n) is 8.72. The molecule has 1 rings (SSSR count). The lowest BCUT2D eigenvalue weighted by atomic mass is 9.97. The van der Waals surface area contributed by atoms with Gasteiger partial charge in [-0.1, -0.05) is 19.8 Å². The Bertz CT molecular complexity index is 587. The number of esters is 1. The number of methoxy groups -OCH3 is 1. The maximum atomic E-state index is 12.7. The van der Waals surface area contributed by atoms with Crippen molar-refractivity contribution in [2.24, 2.45) is 0 Å². The Hall–Kier alpha value is -2.08. The molecule has 1 atom stereocenters. The Balaban J connectivity index is 3.03. The summed E-state index contributed by atoms with van der Waals surface area (Å²) in [6, 6.07) is 4.90. The third-order valence-corrected chi connectivity index (χ3v) is 3.89. The minimum absolute atomic E-state index is 0.234. The summed E-state index contributed by atoms with van der Waals surface area (Å²) in [5.41, 5.74) is -0.139. The van der Waals surface area contributed by atoms with Crippen molar-refractivity contribution < 1.29 is 23.8 Å². The normalized spacial score (nSPS) is 13.0. The van der Waals surface area contributed by atoms with Gasteiger partial charge in [0.1, 0.15) is 16.9 Å². The second kappa shape index (κ2) is 10.0. The maximum absolute atomic E-state index is 12.7. The summed E-state index contributed by atoms with van der Waals surface area (Å²) in [5.74, 6) is -0.327. The van der Waals surface area contributed by atoms with E-state index in [0.29, 0.717) is 31.1 Å². The van der Waals surface area contributed by atoms with Gasteiger partial charge in [0.2, 0.25) is 0 Å². The van der Waals surface area contributed by atoms with Crippen LogP contribution in [0.15, 0.2) is 18.2 Å². The number of anilines is 1. The molecule has 0 saturated heterocycles. The second-order valence-corrected chi connectivity index (χ2v) is 5.86. The molecule has 1 amide bonds. The van der Waals surface area contributed by atoms with Gasteiger partial charge < -0.3 is 19.5 Å². The minimum atomic E-state index is -0.908. The highest BCUT2D eigenvalue weighted by atomic mass is 16.5. The number of rotatable bonds is 10. The number of hydrogen-bond acceptors (Lipinski definition) is 5. The van der Waals surface area contributed by atoms with Crippen molar-refractivity contribution in [1.82, 2.24) is 0 Å². The number of amides is 1. The Kier molecular flexibility index (Phi) is 8.41. The van der Waals surface area contributed by atoms with Crippen molar-refractivity contribution in [3.8, 4) is 5.75 Å². The molecule has 0 spiro atoms. The van der Waals surface area contributed by atoms with Crippen LogP contribution in [0.4, 0.5) is 5.69 Å². The van der Waals surface area contributed by atoms with Gasteiger partial charge in [-0.25, -0.2) is 4.79 Å². The maximum Gasteiger partial charge on any atom is 0.341 e. The van der Waals surface area contributed by atoms with Crippen molar-refractivity contribution in [1.29, 1.82) is 0 Å². The van der Waals surface area contributed by atoms with Crippen molar-refractivity contribution >= 4 is 17.6 Å². The van der Waals surface area contributed by atoms with E-state index in [0.717, 1.165) is 12.8 Å².